The molecule has 0 bridgehead atoms. The van der Waals surface area contributed by atoms with Crippen molar-refractivity contribution in [2.45, 2.75) is 37.4 Å². The van der Waals surface area contributed by atoms with E-state index in [0.29, 0.717) is 5.75 Å². The van der Waals surface area contributed by atoms with E-state index in [2.05, 4.69) is 16.0 Å². The standard InChI is InChI=1S/C20H28N4O7S/c1-32-8-7-14(23-18(29)13(21)10-16(25)26)20(31)24-15(19(30)22-11-17(27)28)9-12-5-3-2-4-6-12/h2-6,13-15H,7-11,21H2,1H3,(H,22,30)(H,23,29)(H,24,31)(H,25,26)(H,27,28). The minimum atomic E-state index is -1.34. The van der Waals surface area contributed by atoms with Crippen molar-refractivity contribution in [2.24, 2.45) is 5.73 Å². The third kappa shape index (κ3) is 10.3. The van der Waals surface area contributed by atoms with Gasteiger partial charge in [0, 0.05) is 6.42 Å². The van der Waals surface area contributed by atoms with Crippen LogP contribution in [0.15, 0.2) is 30.3 Å². The van der Waals surface area contributed by atoms with Crippen LogP contribution in [0, 0.1) is 0 Å². The van der Waals surface area contributed by atoms with Gasteiger partial charge >= 0.3 is 11.9 Å². The van der Waals surface area contributed by atoms with Gasteiger partial charge in [-0.3, -0.25) is 24.0 Å². The molecule has 3 atom stereocenters. The van der Waals surface area contributed by atoms with Crippen LogP contribution in [0.5, 0.6) is 0 Å². The molecule has 0 aromatic heterocycles. The molecule has 3 amide bonds. The number of hydrogen-bond acceptors (Lipinski definition) is 7. The van der Waals surface area contributed by atoms with Gasteiger partial charge in [-0.05, 0) is 24.0 Å². The van der Waals surface area contributed by atoms with E-state index in [9.17, 15) is 24.0 Å². The summed E-state index contributed by atoms with van der Waals surface area (Å²) in [5.41, 5.74) is 6.30. The van der Waals surface area contributed by atoms with Crippen LogP contribution >= 0.6 is 11.8 Å². The van der Waals surface area contributed by atoms with Crippen LogP contribution in [0.1, 0.15) is 18.4 Å². The molecule has 12 heteroatoms. The molecule has 0 aliphatic heterocycles. The molecule has 0 aliphatic rings. The van der Waals surface area contributed by atoms with Crippen molar-refractivity contribution in [2.75, 3.05) is 18.6 Å². The molecule has 11 nitrogen and oxygen atoms in total. The fourth-order valence-corrected chi connectivity index (χ4v) is 3.15. The van der Waals surface area contributed by atoms with Crippen molar-refractivity contribution in [1.29, 1.82) is 0 Å². The zero-order valence-corrected chi connectivity index (χ0v) is 18.4. The fourth-order valence-electron chi connectivity index (χ4n) is 2.68. The zero-order valence-electron chi connectivity index (χ0n) is 17.6. The van der Waals surface area contributed by atoms with Gasteiger partial charge in [-0.1, -0.05) is 30.3 Å². The van der Waals surface area contributed by atoms with Gasteiger partial charge < -0.3 is 31.9 Å². The Balaban J connectivity index is 2.96. The number of carboxylic acids is 2. The van der Waals surface area contributed by atoms with Crippen molar-refractivity contribution < 1.29 is 34.2 Å². The van der Waals surface area contributed by atoms with Crippen molar-refractivity contribution in [1.82, 2.24) is 16.0 Å². The Hall–Kier alpha value is -3.12. The summed E-state index contributed by atoms with van der Waals surface area (Å²) >= 11 is 1.43. The second-order valence-electron chi connectivity index (χ2n) is 6.91. The molecule has 0 fully saturated rings. The Morgan fingerprint density at radius 2 is 1.56 bits per heavy atom. The van der Waals surface area contributed by atoms with E-state index in [1.807, 2.05) is 6.26 Å². The summed E-state index contributed by atoms with van der Waals surface area (Å²) < 4.78 is 0. The number of rotatable bonds is 14. The molecule has 32 heavy (non-hydrogen) atoms. The van der Waals surface area contributed by atoms with Crippen LogP contribution in [0.2, 0.25) is 0 Å². The molecule has 0 heterocycles. The van der Waals surface area contributed by atoms with Gasteiger partial charge in [0.1, 0.15) is 18.6 Å². The van der Waals surface area contributed by atoms with Gasteiger partial charge in [0.2, 0.25) is 17.7 Å². The molecule has 3 unspecified atom stereocenters. The SMILES string of the molecule is CSCCC(NC(=O)C(N)CC(=O)O)C(=O)NC(Cc1ccccc1)C(=O)NCC(=O)O. The quantitative estimate of drug-likeness (QED) is 0.198. The first-order valence-corrected chi connectivity index (χ1v) is 11.1. The van der Waals surface area contributed by atoms with Crippen molar-refractivity contribution in [3.05, 3.63) is 35.9 Å². The highest BCUT2D eigenvalue weighted by molar-refractivity contribution is 7.98. The maximum absolute atomic E-state index is 12.9. The maximum Gasteiger partial charge on any atom is 0.322 e. The number of aliphatic carboxylic acids is 2. The first-order chi connectivity index (χ1) is 15.1. The topological polar surface area (TPSA) is 188 Å². The zero-order chi connectivity index (χ0) is 24.1. The molecular weight excluding hydrogens is 440 g/mol. The smallest absolute Gasteiger partial charge is 0.322 e. The Bertz CT molecular complexity index is 806. The summed E-state index contributed by atoms with van der Waals surface area (Å²) in [4.78, 5) is 59.2. The lowest BCUT2D eigenvalue weighted by atomic mass is 10.0. The predicted molar refractivity (Wildman–Crippen MR) is 118 cm³/mol. The van der Waals surface area contributed by atoms with Gasteiger partial charge in [-0.2, -0.15) is 11.8 Å². The highest BCUT2D eigenvalue weighted by atomic mass is 32.2. The number of benzene rings is 1. The average Bonchev–Trinajstić information content (AvgIpc) is 2.74. The van der Waals surface area contributed by atoms with E-state index >= 15 is 0 Å². The van der Waals surface area contributed by atoms with Crippen LogP contribution in [0.3, 0.4) is 0 Å². The second-order valence-corrected chi connectivity index (χ2v) is 7.90. The summed E-state index contributed by atoms with van der Waals surface area (Å²) in [6, 6.07) is 5.32. The van der Waals surface area contributed by atoms with Crippen molar-refractivity contribution in [3.8, 4) is 0 Å². The number of carbonyl (C=O) groups excluding carboxylic acids is 3. The monoisotopic (exact) mass is 468 g/mol. The molecule has 0 spiro atoms. The Morgan fingerprint density at radius 1 is 0.938 bits per heavy atom. The van der Waals surface area contributed by atoms with Gasteiger partial charge in [-0.25, -0.2) is 0 Å². The first-order valence-electron chi connectivity index (χ1n) is 9.74. The molecule has 0 aliphatic carbocycles. The normalized spacial score (nSPS) is 13.3. The van der Waals surface area contributed by atoms with Crippen LogP contribution in [-0.2, 0) is 30.4 Å². The summed E-state index contributed by atoms with van der Waals surface area (Å²) in [5.74, 6) is -4.15. The predicted octanol–water partition coefficient (Wildman–Crippen LogP) is -1.05. The van der Waals surface area contributed by atoms with Crippen LogP contribution in [0.4, 0.5) is 0 Å². The van der Waals surface area contributed by atoms with Gasteiger partial charge in [-0.15, -0.1) is 0 Å². The minimum Gasteiger partial charge on any atom is -0.481 e. The molecule has 1 aromatic carbocycles. The van der Waals surface area contributed by atoms with Crippen LogP contribution in [-0.4, -0.2) is 76.6 Å². The lowest BCUT2D eigenvalue weighted by molar-refractivity contribution is -0.139. The number of thioether (sulfide) groups is 1. The lowest BCUT2D eigenvalue weighted by Crippen LogP contribution is -2.56. The van der Waals surface area contributed by atoms with E-state index in [0.717, 1.165) is 5.56 Å². The highest BCUT2D eigenvalue weighted by Crippen LogP contribution is 2.07. The number of carboxylic acid groups (broad SMARTS) is 2. The van der Waals surface area contributed by atoms with E-state index in [-0.39, 0.29) is 12.8 Å². The summed E-state index contributed by atoms with van der Waals surface area (Å²) in [6.45, 7) is -0.614. The molecule has 7 N–H and O–H groups in total. The Kier molecular flexibility index (Phi) is 11.8. The van der Waals surface area contributed by atoms with Crippen LogP contribution in [0.25, 0.3) is 0 Å². The van der Waals surface area contributed by atoms with E-state index in [1.165, 1.54) is 11.8 Å². The molecular formula is C20H28N4O7S. The number of carbonyl (C=O) groups is 5. The van der Waals surface area contributed by atoms with Gasteiger partial charge in [0.25, 0.3) is 0 Å². The molecule has 1 rings (SSSR count). The van der Waals surface area contributed by atoms with Gasteiger partial charge in [0.05, 0.1) is 12.5 Å². The molecule has 1 aromatic rings. The fraction of sp³-hybridized carbons (Fsp3) is 0.450. The Labute approximate surface area is 189 Å². The van der Waals surface area contributed by atoms with Crippen LogP contribution < -0.4 is 21.7 Å². The Morgan fingerprint density at radius 3 is 2.12 bits per heavy atom. The maximum atomic E-state index is 12.9. The number of nitrogens with two attached hydrogens (primary N) is 1. The average molecular weight is 469 g/mol. The highest BCUT2D eigenvalue weighted by Gasteiger charge is 2.28. The van der Waals surface area contributed by atoms with E-state index < -0.39 is 60.8 Å². The molecule has 0 saturated heterocycles. The van der Waals surface area contributed by atoms with Crippen molar-refractivity contribution in [3.63, 3.8) is 0 Å². The lowest BCUT2D eigenvalue weighted by Gasteiger charge is -2.24. The molecule has 176 valence electrons. The van der Waals surface area contributed by atoms with Crippen molar-refractivity contribution >= 4 is 41.4 Å². The summed E-state index contributed by atoms with van der Waals surface area (Å²) in [7, 11) is 0. The van der Waals surface area contributed by atoms with E-state index in [1.54, 1.807) is 30.3 Å². The molecule has 0 radical (unpaired) electrons. The molecule has 0 saturated carbocycles. The van der Waals surface area contributed by atoms with E-state index in [4.69, 9.17) is 15.9 Å². The first kappa shape index (κ1) is 26.9. The number of nitrogens with one attached hydrogen (secondary N) is 3. The summed E-state index contributed by atoms with van der Waals surface area (Å²) in [6.07, 6.45) is 1.52. The minimum absolute atomic E-state index is 0.0970. The third-order valence-corrected chi connectivity index (χ3v) is 4.95. The number of hydrogen-bond donors (Lipinski definition) is 6. The summed E-state index contributed by atoms with van der Waals surface area (Å²) in [5, 5.41) is 24.8. The largest absolute Gasteiger partial charge is 0.481 e. The second kappa shape index (κ2) is 14.0. The number of amides is 3. The van der Waals surface area contributed by atoms with Gasteiger partial charge in [0.15, 0.2) is 0 Å². The third-order valence-electron chi connectivity index (χ3n) is 4.30.